The van der Waals surface area contributed by atoms with Gasteiger partial charge in [-0.1, -0.05) is 30.3 Å². The van der Waals surface area contributed by atoms with Gasteiger partial charge in [-0.3, -0.25) is 19.3 Å². The number of amides is 3. The first kappa shape index (κ1) is 22.5. The van der Waals surface area contributed by atoms with Crippen LogP contribution in [0.1, 0.15) is 35.2 Å². The summed E-state index contributed by atoms with van der Waals surface area (Å²) < 4.78 is 0. The van der Waals surface area contributed by atoms with E-state index in [0.29, 0.717) is 24.2 Å². The van der Waals surface area contributed by atoms with Gasteiger partial charge in [0.25, 0.3) is 5.91 Å². The number of hydrogen-bond donors (Lipinski definition) is 3. The monoisotopic (exact) mass is 422 g/mol. The van der Waals surface area contributed by atoms with Crippen LogP contribution in [0.2, 0.25) is 0 Å². The minimum Gasteiger partial charge on any atom is -0.355 e. The molecule has 164 valence electrons. The third-order valence-electron chi connectivity index (χ3n) is 5.46. The number of carbonyl (C=O) groups is 3. The Morgan fingerprint density at radius 1 is 0.935 bits per heavy atom. The lowest BCUT2D eigenvalue weighted by atomic mass is 10.0. The minimum absolute atomic E-state index is 0.0836. The van der Waals surface area contributed by atoms with Crippen LogP contribution < -0.4 is 16.0 Å². The topological polar surface area (TPSA) is 90.5 Å². The number of likely N-dealkylation sites (tertiary alicyclic amines) is 1. The highest BCUT2D eigenvalue weighted by atomic mass is 16.2. The third kappa shape index (κ3) is 7.22. The molecule has 1 aliphatic rings. The van der Waals surface area contributed by atoms with Crippen LogP contribution in [0.4, 0.5) is 5.69 Å². The van der Waals surface area contributed by atoms with Gasteiger partial charge in [0.2, 0.25) is 11.8 Å². The van der Waals surface area contributed by atoms with Gasteiger partial charge >= 0.3 is 0 Å². The molecule has 0 aromatic heterocycles. The summed E-state index contributed by atoms with van der Waals surface area (Å²) in [7, 11) is 1.58. The van der Waals surface area contributed by atoms with Crippen molar-refractivity contribution in [2.45, 2.75) is 31.7 Å². The summed E-state index contributed by atoms with van der Waals surface area (Å²) >= 11 is 0. The fourth-order valence-corrected chi connectivity index (χ4v) is 3.69. The summed E-state index contributed by atoms with van der Waals surface area (Å²) in [6, 6.07) is 17.0. The lowest BCUT2D eigenvalue weighted by Gasteiger charge is -2.31. The molecule has 1 aliphatic heterocycles. The smallest absolute Gasteiger partial charge is 0.251 e. The van der Waals surface area contributed by atoms with Crippen LogP contribution in [0.3, 0.4) is 0 Å². The molecule has 2 aromatic carbocycles. The molecule has 1 saturated heterocycles. The van der Waals surface area contributed by atoms with E-state index in [9.17, 15) is 14.4 Å². The van der Waals surface area contributed by atoms with Gasteiger partial charge in [0, 0.05) is 43.9 Å². The van der Waals surface area contributed by atoms with Gasteiger partial charge in [0.15, 0.2) is 0 Å². The molecule has 0 radical (unpaired) electrons. The first-order valence-electron chi connectivity index (χ1n) is 10.7. The molecule has 0 saturated carbocycles. The summed E-state index contributed by atoms with van der Waals surface area (Å²) in [5.74, 6) is -0.161. The standard InChI is InChI=1S/C24H30N4O3/c1-25-24(31)19-8-10-20(11-9-19)27-23(30)17-28-15-13-21(14-16-28)26-22(29)12-7-18-5-3-2-4-6-18/h2-6,8-11,21H,7,12-17H2,1H3,(H,25,31)(H,26,29)(H,27,30). The van der Waals surface area contributed by atoms with E-state index >= 15 is 0 Å². The molecule has 0 bridgehead atoms. The molecule has 3 rings (SSSR count). The van der Waals surface area contributed by atoms with E-state index in [1.807, 2.05) is 30.3 Å². The minimum atomic E-state index is -0.159. The average Bonchev–Trinajstić information content (AvgIpc) is 2.79. The van der Waals surface area contributed by atoms with Crippen molar-refractivity contribution in [2.75, 3.05) is 32.0 Å². The van der Waals surface area contributed by atoms with Crippen molar-refractivity contribution in [3.8, 4) is 0 Å². The number of nitrogens with one attached hydrogen (secondary N) is 3. The lowest BCUT2D eigenvalue weighted by Crippen LogP contribution is -2.46. The maximum Gasteiger partial charge on any atom is 0.251 e. The number of rotatable bonds is 8. The second-order valence-electron chi connectivity index (χ2n) is 7.81. The second kappa shape index (κ2) is 11.3. The van der Waals surface area contributed by atoms with Crippen LogP contribution in [-0.4, -0.2) is 55.3 Å². The molecule has 0 unspecified atom stereocenters. The predicted molar refractivity (Wildman–Crippen MR) is 121 cm³/mol. The van der Waals surface area contributed by atoms with E-state index in [2.05, 4.69) is 20.9 Å². The first-order chi connectivity index (χ1) is 15.0. The van der Waals surface area contributed by atoms with Crippen molar-refractivity contribution >= 4 is 23.4 Å². The van der Waals surface area contributed by atoms with Gasteiger partial charge in [0.1, 0.15) is 0 Å². The summed E-state index contributed by atoms with van der Waals surface area (Å²) in [5.41, 5.74) is 2.38. The summed E-state index contributed by atoms with van der Waals surface area (Å²) in [6.45, 7) is 1.85. The van der Waals surface area contributed by atoms with E-state index in [0.717, 1.165) is 32.4 Å². The van der Waals surface area contributed by atoms with Crippen molar-refractivity contribution in [3.63, 3.8) is 0 Å². The SMILES string of the molecule is CNC(=O)c1ccc(NC(=O)CN2CCC(NC(=O)CCc3ccccc3)CC2)cc1. The van der Waals surface area contributed by atoms with Crippen LogP contribution in [0.25, 0.3) is 0 Å². The van der Waals surface area contributed by atoms with E-state index in [4.69, 9.17) is 0 Å². The number of nitrogens with zero attached hydrogens (tertiary/aromatic N) is 1. The Hall–Kier alpha value is -3.19. The molecule has 3 amide bonds. The highest BCUT2D eigenvalue weighted by molar-refractivity contribution is 5.96. The Labute approximate surface area is 183 Å². The molecule has 7 heteroatoms. The fraction of sp³-hybridized carbons (Fsp3) is 0.375. The molecule has 7 nitrogen and oxygen atoms in total. The fourth-order valence-electron chi connectivity index (χ4n) is 3.69. The first-order valence-corrected chi connectivity index (χ1v) is 10.7. The molecule has 31 heavy (non-hydrogen) atoms. The van der Waals surface area contributed by atoms with Crippen molar-refractivity contribution in [3.05, 3.63) is 65.7 Å². The predicted octanol–water partition coefficient (Wildman–Crippen LogP) is 2.20. The summed E-state index contributed by atoms with van der Waals surface area (Å²) in [4.78, 5) is 38.2. The normalized spacial score (nSPS) is 14.6. The Bertz CT molecular complexity index is 875. The quantitative estimate of drug-likeness (QED) is 0.608. The molecule has 0 aliphatic carbocycles. The maximum atomic E-state index is 12.3. The van der Waals surface area contributed by atoms with E-state index in [1.54, 1.807) is 31.3 Å². The maximum absolute atomic E-state index is 12.3. The van der Waals surface area contributed by atoms with Crippen LogP contribution in [0.5, 0.6) is 0 Å². The summed E-state index contributed by atoms with van der Waals surface area (Å²) in [6.07, 6.45) is 2.91. The zero-order valence-electron chi connectivity index (χ0n) is 17.9. The molecular formula is C24H30N4O3. The largest absolute Gasteiger partial charge is 0.355 e. The number of carbonyl (C=O) groups excluding carboxylic acids is 3. The number of hydrogen-bond acceptors (Lipinski definition) is 4. The molecule has 0 spiro atoms. The van der Waals surface area contributed by atoms with Gasteiger partial charge in [-0.2, -0.15) is 0 Å². The number of benzene rings is 2. The third-order valence-corrected chi connectivity index (χ3v) is 5.46. The molecule has 0 atom stereocenters. The highest BCUT2D eigenvalue weighted by Gasteiger charge is 2.22. The van der Waals surface area contributed by atoms with Crippen molar-refractivity contribution in [1.29, 1.82) is 0 Å². The van der Waals surface area contributed by atoms with Crippen molar-refractivity contribution < 1.29 is 14.4 Å². The molecule has 3 N–H and O–H groups in total. The van der Waals surface area contributed by atoms with Crippen LogP contribution in [0.15, 0.2) is 54.6 Å². The molecule has 1 heterocycles. The van der Waals surface area contributed by atoms with Gasteiger partial charge in [-0.05, 0) is 49.1 Å². The summed E-state index contributed by atoms with van der Waals surface area (Å²) in [5, 5.41) is 8.56. The van der Waals surface area contributed by atoms with Gasteiger partial charge in [-0.25, -0.2) is 0 Å². The van der Waals surface area contributed by atoms with E-state index in [1.165, 1.54) is 5.56 Å². The van der Waals surface area contributed by atoms with Crippen molar-refractivity contribution in [1.82, 2.24) is 15.5 Å². The molecule has 1 fully saturated rings. The number of anilines is 1. The van der Waals surface area contributed by atoms with Crippen LogP contribution in [0, 0.1) is 0 Å². The van der Waals surface area contributed by atoms with E-state index in [-0.39, 0.29) is 23.8 Å². The highest BCUT2D eigenvalue weighted by Crippen LogP contribution is 2.13. The van der Waals surface area contributed by atoms with Gasteiger partial charge < -0.3 is 16.0 Å². The Morgan fingerprint density at radius 2 is 1.61 bits per heavy atom. The lowest BCUT2D eigenvalue weighted by molar-refractivity contribution is -0.122. The molecule has 2 aromatic rings. The zero-order valence-corrected chi connectivity index (χ0v) is 17.9. The van der Waals surface area contributed by atoms with Crippen LogP contribution >= 0.6 is 0 Å². The number of piperidine rings is 1. The number of aryl methyl sites for hydroxylation is 1. The second-order valence-corrected chi connectivity index (χ2v) is 7.81. The Balaban J connectivity index is 1.35. The average molecular weight is 423 g/mol. The molecular weight excluding hydrogens is 392 g/mol. The Morgan fingerprint density at radius 3 is 2.26 bits per heavy atom. The zero-order chi connectivity index (χ0) is 22.1. The van der Waals surface area contributed by atoms with Crippen LogP contribution in [-0.2, 0) is 16.0 Å². The van der Waals surface area contributed by atoms with Gasteiger partial charge in [0.05, 0.1) is 6.54 Å². The van der Waals surface area contributed by atoms with E-state index < -0.39 is 0 Å². The van der Waals surface area contributed by atoms with Crippen molar-refractivity contribution in [2.24, 2.45) is 0 Å². The Kier molecular flexibility index (Phi) is 8.18. The van der Waals surface area contributed by atoms with Gasteiger partial charge in [-0.15, -0.1) is 0 Å².